The molecule has 5 nitrogen and oxygen atoms in total. The highest BCUT2D eigenvalue weighted by Gasteiger charge is 2.20. The van der Waals surface area contributed by atoms with E-state index in [2.05, 4.69) is 4.74 Å². The average molecular weight is 248 g/mol. The van der Waals surface area contributed by atoms with Crippen LogP contribution < -0.4 is 10.5 Å². The lowest BCUT2D eigenvalue weighted by atomic mass is 10.1. The lowest BCUT2D eigenvalue weighted by Gasteiger charge is -2.12. The molecule has 6 heteroatoms. The van der Waals surface area contributed by atoms with Crippen molar-refractivity contribution in [1.29, 1.82) is 0 Å². The quantitative estimate of drug-likeness (QED) is 0.779. The number of phenols is 1. The minimum absolute atomic E-state index is 0. The van der Waals surface area contributed by atoms with Crippen LogP contribution in [0.2, 0.25) is 0 Å². The standard InChI is InChI=1S/C10H13NO4.ClH/c1-14-6-3-4-8(12)7(5-6)9(11)10(13)15-2;/h3-5,9,12H,11H2,1-2H3;1H/t9-;/m1./s1. The summed E-state index contributed by atoms with van der Waals surface area (Å²) >= 11 is 0. The van der Waals surface area contributed by atoms with Gasteiger partial charge in [-0.25, -0.2) is 0 Å². The van der Waals surface area contributed by atoms with Crippen LogP contribution in [0.4, 0.5) is 0 Å². The maximum Gasteiger partial charge on any atom is 0.327 e. The minimum Gasteiger partial charge on any atom is -0.508 e. The third-order valence-electron chi connectivity index (χ3n) is 2.02. The van der Waals surface area contributed by atoms with Crippen LogP contribution in [-0.2, 0) is 9.53 Å². The van der Waals surface area contributed by atoms with E-state index >= 15 is 0 Å². The third kappa shape index (κ3) is 3.01. The Bertz CT molecular complexity index is 370. The van der Waals surface area contributed by atoms with Crippen molar-refractivity contribution in [3.8, 4) is 11.5 Å². The molecule has 0 aliphatic heterocycles. The first-order valence-corrected chi connectivity index (χ1v) is 4.30. The fourth-order valence-electron chi connectivity index (χ4n) is 1.16. The number of carbonyl (C=O) groups is 1. The zero-order chi connectivity index (χ0) is 11.4. The summed E-state index contributed by atoms with van der Waals surface area (Å²) in [4.78, 5) is 11.2. The summed E-state index contributed by atoms with van der Waals surface area (Å²) < 4.78 is 9.43. The van der Waals surface area contributed by atoms with Gasteiger partial charge in [-0.15, -0.1) is 12.4 Å². The fraction of sp³-hybridized carbons (Fsp3) is 0.300. The lowest BCUT2D eigenvalue weighted by molar-refractivity contribution is -0.142. The molecular weight excluding hydrogens is 234 g/mol. The second-order valence-electron chi connectivity index (χ2n) is 2.93. The predicted molar refractivity (Wildman–Crippen MR) is 60.9 cm³/mol. The number of aromatic hydroxyl groups is 1. The Hall–Kier alpha value is -1.46. The molecule has 0 unspecified atom stereocenters. The molecule has 0 saturated carbocycles. The molecule has 1 atom stereocenters. The van der Waals surface area contributed by atoms with Crippen molar-refractivity contribution in [3.63, 3.8) is 0 Å². The number of phenolic OH excluding ortho intramolecular Hbond substituents is 1. The van der Waals surface area contributed by atoms with Crippen LogP contribution in [0.15, 0.2) is 18.2 Å². The highest BCUT2D eigenvalue weighted by Crippen LogP contribution is 2.27. The molecule has 0 aliphatic carbocycles. The van der Waals surface area contributed by atoms with E-state index < -0.39 is 12.0 Å². The molecule has 1 aromatic carbocycles. The lowest BCUT2D eigenvalue weighted by Crippen LogP contribution is -2.22. The Morgan fingerprint density at radius 1 is 1.44 bits per heavy atom. The maximum absolute atomic E-state index is 11.2. The monoisotopic (exact) mass is 247 g/mol. The van der Waals surface area contributed by atoms with E-state index in [9.17, 15) is 9.90 Å². The van der Waals surface area contributed by atoms with Gasteiger partial charge >= 0.3 is 5.97 Å². The fourth-order valence-corrected chi connectivity index (χ4v) is 1.16. The maximum atomic E-state index is 11.2. The van der Waals surface area contributed by atoms with Gasteiger partial charge in [0.15, 0.2) is 0 Å². The molecule has 0 aromatic heterocycles. The summed E-state index contributed by atoms with van der Waals surface area (Å²) in [5, 5.41) is 9.50. The molecule has 0 radical (unpaired) electrons. The SMILES string of the molecule is COC(=O)[C@H](N)c1cc(OC)ccc1O.Cl. The van der Waals surface area contributed by atoms with Crippen molar-refractivity contribution in [3.05, 3.63) is 23.8 Å². The summed E-state index contributed by atoms with van der Waals surface area (Å²) in [6, 6.07) is 3.47. The van der Waals surface area contributed by atoms with Crippen LogP contribution in [0.3, 0.4) is 0 Å². The van der Waals surface area contributed by atoms with Gasteiger partial charge in [0, 0.05) is 5.56 Å². The number of benzene rings is 1. The Kier molecular flexibility index (Phi) is 5.63. The van der Waals surface area contributed by atoms with Crippen LogP contribution in [0.25, 0.3) is 0 Å². The minimum atomic E-state index is -1.01. The molecular formula is C10H14ClNO4. The number of hydrogen-bond acceptors (Lipinski definition) is 5. The first-order valence-electron chi connectivity index (χ1n) is 4.30. The van der Waals surface area contributed by atoms with Gasteiger partial charge in [0.25, 0.3) is 0 Å². The molecule has 0 bridgehead atoms. The van der Waals surface area contributed by atoms with Gasteiger partial charge in [-0.05, 0) is 18.2 Å². The second kappa shape index (κ2) is 6.19. The zero-order valence-corrected chi connectivity index (χ0v) is 9.78. The normalized spacial score (nSPS) is 11.2. The van der Waals surface area contributed by atoms with E-state index in [1.165, 1.54) is 26.4 Å². The number of esters is 1. The van der Waals surface area contributed by atoms with Gasteiger partial charge in [-0.3, -0.25) is 4.79 Å². The average Bonchev–Trinajstić information content (AvgIpc) is 2.27. The van der Waals surface area contributed by atoms with Crippen molar-refractivity contribution in [2.24, 2.45) is 5.73 Å². The molecule has 0 aliphatic rings. The summed E-state index contributed by atoms with van der Waals surface area (Å²) in [5.41, 5.74) is 5.86. The highest BCUT2D eigenvalue weighted by molar-refractivity contribution is 5.85. The molecule has 0 amide bonds. The highest BCUT2D eigenvalue weighted by atomic mass is 35.5. The van der Waals surface area contributed by atoms with Crippen molar-refractivity contribution in [2.75, 3.05) is 14.2 Å². The Balaban J connectivity index is 0.00000225. The Morgan fingerprint density at radius 2 is 2.06 bits per heavy atom. The second-order valence-corrected chi connectivity index (χ2v) is 2.93. The Labute approximate surface area is 99.6 Å². The predicted octanol–water partition coefficient (Wildman–Crippen LogP) is 0.995. The first kappa shape index (κ1) is 14.5. The van der Waals surface area contributed by atoms with Gasteiger partial charge in [0.05, 0.1) is 14.2 Å². The number of nitrogens with two attached hydrogens (primary N) is 1. The van der Waals surface area contributed by atoms with Gasteiger partial charge in [0.1, 0.15) is 17.5 Å². The summed E-state index contributed by atoms with van der Waals surface area (Å²) in [6.07, 6.45) is 0. The van der Waals surface area contributed by atoms with Gasteiger partial charge in [-0.2, -0.15) is 0 Å². The van der Waals surface area contributed by atoms with Crippen molar-refractivity contribution < 1.29 is 19.4 Å². The van der Waals surface area contributed by atoms with Crippen LogP contribution in [0, 0.1) is 0 Å². The molecule has 16 heavy (non-hydrogen) atoms. The van der Waals surface area contributed by atoms with Crippen LogP contribution in [0.1, 0.15) is 11.6 Å². The largest absolute Gasteiger partial charge is 0.508 e. The molecule has 3 N–H and O–H groups in total. The first-order chi connectivity index (χ1) is 7.10. The van der Waals surface area contributed by atoms with Gasteiger partial charge in [-0.1, -0.05) is 0 Å². The van der Waals surface area contributed by atoms with E-state index in [1.807, 2.05) is 0 Å². The van der Waals surface area contributed by atoms with E-state index in [-0.39, 0.29) is 23.7 Å². The number of carbonyl (C=O) groups excluding carboxylic acids is 1. The van der Waals surface area contributed by atoms with Crippen molar-refractivity contribution in [1.82, 2.24) is 0 Å². The van der Waals surface area contributed by atoms with Gasteiger partial charge < -0.3 is 20.3 Å². The molecule has 1 aromatic rings. The third-order valence-corrected chi connectivity index (χ3v) is 2.02. The molecule has 1 rings (SSSR count). The summed E-state index contributed by atoms with van der Waals surface area (Å²) in [7, 11) is 2.72. The number of ether oxygens (including phenoxy) is 2. The van der Waals surface area contributed by atoms with Crippen LogP contribution >= 0.6 is 12.4 Å². The number of halogens is 1. The van der Waals surface area contributed by atoms with E-state index in [1.54, 1.807) is 6.07 Å². The number of rotatable bonds is 3. The molecule has 90 valence electrons. The van der Waals surface area contributed by atoms with Crippen LogP contribution in [-0.4, -0.2) is 25.3 Å². The Morgan fingerprint density at radius 3 is 2.56 bits per heavy atom. The van der Waals surface area contributed by atoms with E-state index in [0.29, 0.717) is 5.75 Å². The zero-order valence-electron chi connectivity index (χ0n) is 8.97. The van der Waals surface area contributed by atoms with Crippen molar-refractivity contribution >= 4 is 18.4 Å². The number of hydrogen-bond donors (Lipinski definition) is 2. The van der Waals surface area contributed by atoms with E-state index in [4.69, 9.17) is 10.5 Å². The summed E-state index contributed by atoms with van der Waals surface area (Å²) in [5.74, 6) is -0.158. The van der Waals surface area contributed by atoms with Crippen LogP contribution in [0.5, 0.6) is 11.5 Å². The molecule has 0 saturated heterocycles. The van der Waals surface area contributed by atoms with Crippen molar-refractivity contribution in [2.45, 2.75) is 6.04 Å². The molecule has 0 heterocycles. The molecule has 0 fully saturated rings. The number of methoxy groups -OCH3 is 2. The van der Waals surface area contributed by atoms with Gasteiger partial charge in [0.2, 0.25) is 0 Å². The van der Waals surface area contributed by atoms with E-state index in [0.717, 1.165) is 0 Å². The summed E-state index contributed by atoms with van der Waals surface area (Å²) in [6.45, 7) is 0. The topological polar surface area (TPSA) is 81.8 Å². The molecule has 0 spiro atoms. The smallest absolute Gasteiger partial charge is 0.327 e.